The van der Waals surface area contributed by atoms with Gasteiger partial charge >= 0.3 is 6.18 Å². The summed E-state index contributed by atoms with van der Waals surface area (Å²) in [5, 5.41) is 2.72. The zero-order valence-electron chi connectivity index (χ0n) is 16.5. The molecule has 0 atom stereocenters. The third kappa shape index (κ3) is 5.02. The first-order valence-corrected chi connectivity index (χ1v) is 11.5. The number of fused-ring (bicyclic) bond motifs is 1. The van der Waals surface area contributed by atoms with E-state index in [0.29, 0.717) is 16.3 Å². The highest BCUT2D eigenvalue weighted by molar-refractivity contribution is 7.90. The van der Waals surface area contributed by atoms with Gasteiger partial charge < -0.3 is 10.1 Å². The lowest BCUT2D eigenvalue weighted by Crippen LogP contribution is -2.40. The van der Waals surface area contributed by atoms with Gasteiger partial charge in [0.2, 0.25) is 5.96 Å². The van der Waals surface area contributed by atoms with Gasteiger partial charge in [0.05, 0.1) is 22.2 Å². The van der Waals surface area contributed by atoms with Crippen LogP contribution < -0.4 is 14.8 Å². The van der Waals surface area contributed by atoms with Crippen LogP contribution in [0.5, 0.6) is 11.5 Å². The van der Waals surface area contributed by atoms with Gasteiger partial charge in [-0.3, -0.25) is 0 Å². The molecule has 1 aliphatic heterocycles. The van der Waals surface area contributed by atoms with Crippen LogP contribution in [-0.2, 0) is 22.7 Å². The minimum absolute atomic E-state index is 0.0661. The molecule has 3 aromatic rings. The number of anilines is 1. The van der Waals surface area contributed by atoms with E-state index >= 15 is 0 Å². The topological polar surface area (TPSA) is 79.8 Å². The SMILES string of the molecule is O=S1(=O)NC(=NCc2ccc(C(F)(F)F)c(Cl)c2)Nc2c(Oc3ccccc3Cl)cccc21. The van der Waals surface area contributed by atoms with E-state index in [1.165, 1.54) is 18.2 Å². The number of rotatable bonds is 4. The summed E-state index contributed by atoms with van der Waals surface area (Å²) in [6.45, 7) is -0.133. The second kappa shape index (κ2) is 8.77. The fourth-order valence-electron chi connectivity index (χ4n) is 3.04. The van der Waals surface area contributed by atoms with Gasteiger partial charge in [-0.15, -0.1) is 0 Å². The van der Waals surface area contributed by atoms with Crippen LogP contribution in [0.25, 0.3) is 0 Å². The molecule has 0 bridgehead atoms. The zero-order chi connectivity index (χ0) is 23.8. The molecule has 0 saturated carbocycles. The first-order valence-electron chi connectivity index (χ1n) is 9.30. The van der Waals surface area contributed by atoms with Crippen LogP contribution in [-0.4, -0.2) is 14.4 Å². The van der Waals surface area contributed by atoms with Gasteiger partial charge in [0, 0.05) is 0 Å². The molecule has 1 heterocycles. The van der Waals surface area contributed by atoms with Crippen molar-refractivity contribution in [1.29, 1.82) is 0 Å². The molecule has 0 unspecified atom stereocenters. The third-order valence-corrected chi connectivity index (χ3v) is 6.57. The number of para-hydroxylation sites is 2. The predicted molar refractivity (Wildman–Crippen MR) is 120 cm³/mol. The number of ether oxygens (including phenoxy) is 1. The first kappa shape index (κ1) is 23.2. The van der Waals surface area contributed by atoms with E-state index in [4.69, 9.17) is 27.9 Å². The van der Waals surface area contributed by atoms with E-state index in [2.05, 4.69) is 15.0 Å². The normalized spacial score (nSPS) is 16.0. The van der Waals surface area contributed by atoms with Crippen molar-refractivity contribution in [2.24, 2.45) is 4.99 Å². The summed E-state index contributed by atoms with van der Waals surface area (Å²) in [5.74, 6) is 0.382. The Labute approximate surface area is 197 Å². The number of aliphatic imine (C=N–C) groups is 1. The number of nitrogens with one attached hydrogen (secondary N) is 2. The Hall–Kier alpha value is -2.95. The Bertz CT molecular complexity index is 1360. The maximum Gasteiger partial charge on any atom is 0.417 e. The molecular weight excluding hydrogens is 502 g/mol. The van der Waals surface area contributed by atoms with Crippen molar-refractivity contribution < 1.29 is 26.3 Å². The van der Waals surface area contributed by atoms with Gasteiger partial charge in [-0.2, -0.15) is 13.2 Å². The van der Waals surface area contributed by atoms with Crippen molar-refractivity contribution in [1.82, 2.24) is 4.72 Å². The molecule has 0 saturated heterocycles. The molecule has 3 aromatic carbocycles. The molecule has 4 rings (SSSR count). The molecule has 0 spiro atoms. The number of guanidine groups is 1. The van der Waals surface area contributed by atoms with Crippen LogP contribution in [0.15, 0.2) is 70.6 Å². The maximum absolute atomic E-state index is 12.9. The van der Waals surface area contributed by atoms with Gasteiger partial charge in [0.15, 0.2) is 5.75 Å². The van der Waals surface area contributed by atoms with Gasteiger partial charge in [-0.25, -0.2) is 18.1 Å². The van der Waals surface area contributed by atoms with Crippen molar-refractivity contribution in [2.45, 2.75) is 17.6 Å². The predicted octanol–water partition coefficient (Wildman–Crippen LogP) is 6.06. The lowest BCUT2D eigenvalue weighted by Gasteiger charge is -2.23. The van der Waals surface area contributed by atoms with E-state index in [9.17, 15) is 21.6 Å². The minimum Gasteiger partial charge on any atom is -0.454 e. The number of nitrogens with zero attached hydrogens (tertiary/aromatic N) is 1. The van der Waals surface area contributed by atoms with E-state index in [0.717, 1.165) is 12.1 Å². The van der Waals surface area contributed by atoms with Crippen molar-refractivity contribution >= 4 is 44.9 Å². The molecule has 33 heavy (non-hydrogen) atoms. The summed E-state index contributed by atoms with van der Waals surface area (Å²) >= 11 is 11.9. The highest BCUT2D eigenvalue weighted by atomic mass is 35.5. The molecular formula is C21H14Cl2F3N3O3S. The van der Waals surface area contributed by atoms with Crippen molar-refractivity contribution in [3.05, 3.63) is 81.8 Å². The Morgan fingerprint density at radius 1 is 0.939 bits per heavy atom. The van der Waals surface area contributed by atoms with Crippen molar-refractivity contribution in [3.8, 4) is 11.5 Å². The summed E-state index contributed by atoms with van der Waals surface area (Å²) < 4.78 is 72.2. The quantitative estimate of drug-likeness (QED) is 0.442. The van der Waals surface area contributed by atoms with Gasteiger partial charge in [0.1, 0.15) is 16.3 Å². The molecule has 6 nitrogen and oxygen atoms in total. The van der Waals surface area contributed by atoms with E-state index in [-0.39, 0.29) is 28.8 Å². The Morgan fingerprint density at radius 3 is 2.36 bits per heavy atom. The van der Waals surface area contributed by atoms with Crippen LogP contribution in [0, 0.1) is 0 Å². The highest BCUT2D eigenvalue weighted by Crippen LogP contribution is 2.39. The molecule has 12 heteroatoms. The van der Waals surface area contributed by atoms with Crippen molar-refractivity contribution in [3.63, 3.8) is 0 Å². The number of halogens is 5. The standard InChI is InChI=1S/C21H14Cl2F3N3O3S/c22-14-4-1-2-5-16(14)32-17-6-3-7-18-19(17)28-20(29-33(18,30)31)27-11-12-8-9-13(15(23)10-12)21(24,25)26/h1-10H,11H2,(H2,27,28,29). The van der Waals surface area contributed by atoms with E-state index in [1.54, 1.807) is 30.3 Å². The first-order chi connectivity index (χ1) is 15.5. The van der Waals surface area contributed by atoms with Crippen LogP contribution in [0.3, 0.4) is 0 Å². The van der Waals surface area contributed by atoms with Gasteiger partial charge in [-0.1, -0.05) is 47.5 Å². The van der Waals surface area contributed by atoms with Gasteiger partial charge in [0.25, 0.3) is 10.0 Å². The summed E-state index contributed by atoms with van der Waals surface area (Å²) in [4.78, 5) is 4.07. The largest absolute Gasteiger partial charge is 0.454 e. The van der Waals surface area contributed by atoms with Gasteiger partial charge in [-0.05, 0) is 42.0 Å². The maximum atomic E-state index is 12.9. The number of sulfonamides is 1. The molecule has 0 aliphatic carbocycles. The molecule has 0 radical (unpaired) electrons. The molecule has 1 aliphatic rings. The molecule has 2 N–H and O–H groups in total. The zero-order valence-corrected chi connectivity index (χ0v) is 18.8. The number of hydrogen-bond acceptors (Lipinski definition) is 4. The molecule has 172 valence electrons. The van der Waals surface area contributed by atoms with Crippen molar-refractivity contribution in [2.75, 3.05) is 5.32 Å². The molecule has 0 aromatic heterocycles. The second-order valence-electron chi connectivity index (χ2n) is 6.87. The lowest BCUT2D eigenvalue weighted by molar-refractivity contribution is -0.137. The Kier molecular flexibility index (Phi) is 6.17. The Morgan fingerprint density at radius 2 is 1.67 bits per heavy atom. The monoisotopic (exact) mass is 515 g/mol. The fourth-order valence-corrected chi connectivity index (χ4v) is 4.69. The number of alkyl halides is 3. The Balaban J connectivity index is 1.63. The third-order valence-electron chi connectivity index (χ3n) is 4.57. The minimum atomic E-state index is -4.58. The fraction of sp³-hybridized carbons (Fsp3) is 0.0952. The summed E-state index contributed by atoms with van der Waals surface area (Å²) in [6.07, 6.45) is -4.58. The summed E-state index contributed by atoms with van der Waals surface area (Å²) in [7, 11) is -3.99. The van der Waals surface area contributed by atoms with Crippen LogP contribution in [0.1, 0.15) is 11.1 Å². The summed E-state index contributed by atoms with van der Waals surface area (Å²) in [5.41, 5.74) is -0.472. The van der Waals surface area contributed by atoms with Crippen LogP contribution >= 0.6 is 23.2 Å². The smallest absolute Gasteiger partial charge is 0.417 e. The van der Waals surface area contributed by atoms with E-state index in [1.807, 2.05) is 0 Å². The average molecular weight is 516 g/mol. The molecule has 0 fully saturated rings. The summed E-state index contributed by atoms with van der Waals surface area (Å²) in [6, 6.07) is 14.3. The van der Waals surface area contributed by atoms with Crippen LogP contribution in [0.2, 0.25) is 10.0 Å². The number of benzene rings is 3. The second-order valence-corrected chi connectivity index (χ2v) is 9.33. The van der Waals surface area contributed by atoms with E-state index < -0.39 is 26.8 Å². The lowest BCUT2D eigenvalue weighted by atomic mass is 10.1. The molecule has 0 amide bonds. The average Bonchev–Trinajstić information content (AvgIpc) is 2.73. The highest BCUT2D eigenvalue weighted by Gasteiger charge is 2.33. The number of hydrogen-bond donors (Lipinski definition) is 2. The van der Waals surface area contributed by atoms with Crippen LogP contribution in [0.4, 0.5) is 18.9 Å².